The first-order valence-corrected chi connectivity index (χ1v) is 8.04. The summed E-state index contributed by atoms with van der Waals surface area (Å²) >= 11 is 0. The van der Waals surface area contributed by atoms with Gasteiger partial charge < -0.3 is 9.84 Å². The summed E-state index contributed by atoms with van der Waals surface area (Å²) in [6.45, 7) is 2.40. The van der Waals surface area contributed by atoms with Crippen molar-refractivity contribution in [3.05, 3.63) is 89.3 Å². The largest absolute Gasteiger partial charge is 0.361 e. The SMILES string of the molecule is Cc1cc(CCNC(=O)C(c2ccccc2)c2ccccc2)on1. The number of hydrogen-bond acceptors (Lipinski definition) is 3. The van der Waals surface area contributed by atoms with Gasteiger partial charge in [-0.3, -0.25) is 4.79 Å². The molecule has 1 heterocycles. The molecule has 0 atom stereocenters. The lowest BCUT2D eigenvalue weighted by molar-refractivity contribution is -0.121. The van der Waals surface area contributed by atoms with Crippen LogP contribution >= 0.6 is 0 Å². The average molecular weight is 320 g/mol. The van der Waals surface area contributed by atoms with Gasteiger partial charge in [0.1, 0.15) is 5.76 Å². The van der Waals surface area contributed by atoms with Gasteiger partial charge in [-0.2, -0.15) is 0 Å². The Kier molecular flexibility index (Phi) is 5.06. The van der Waals surface area contributed by atoms with Crippen LogP contribution in [0.15, 0.2) is 71.3 Å². The molecule has 1 N–H and O–H groups in total. The molecule has 1 aromatic heterocycles. The van der Waals surface area contributed by atoms with E-state index in [1.807, 2.05) is 73.7 Å². The van der Waals surface area contributed by atoms with Crippen LogP contribution < -0.4 is 5.32 Å². The quantitative estimate of drug-likeness (QED) is 0.756. The fourth-order valence-corrected chi connectivity index (χ4v) is 2.73. The number of carbonyl (C=O) groups excluding carboxylic acids is 1. The predicted molar refractivity (Wildman–Crippen MR) is 92.7 cm³/mol. The van der Waals surface area contributed by atoms with Gasteiger partial charge in [0.05, 0.1) is 11.6 Å². The molecule has 0 aliphatic heterocycles. The highest BCUT2D eigenvalue weighted by atomic mass is 16.5. The van der Waals surface area contributed by atoms with Crippen molar-refractivity contribution in [2.45, 2.75) is 19.3 Å². The molecule has 0 saturated carbocycles. The Morgan fingerprint density at radius 2 is 1.62 bits per heavy atom. The summed E-state index contributed by atoms with van der Waals surface area (Å²) in [6, 6.07) is 21.5. The van der Waals surface area contributed by atoms with Gasteiger partial charge >= 0.3 is 0 Å². The zero-order chi connectivity index (χ0) is 16.8. The summed E-state index contributed by atoms with van der Waals surface area (Å²) in [5, 5.41) is 6.87. The molecular formula is C20H20N2O2. The maximum Gasteiger partial charge on any atom is 0.232 e. The van der Waals surface area contributed by atoms with Crippen molar-refractivity contribution < 1.29 is 9.32 Å². The molecular weight excluding hydrogens is 300 g/mol. The number of carbonyl (C=O) groups is 1. The van der Waals surface area contributed by atoms with Crippen molar-refractivity contribution in [3.63, 3.8) is 0 Å². The monoisotopic (exact) mass is 320 g/mol. The van der Waals surface area contributed by atoms with Crippen LogP contribution in [0.3, 0.4) is 0 Å². The highest BCUT2D eigenvalue weighted by molar-refractivity contribution is 5.87. The highest BCUT2D eigenvalue weighted by Crippen LogP contribution is 2.24. The van der Waals surface area contributed by atoms with Crippen LogP contribution in [0.1, 0.15) is 28.5 Å². The first-order chi connectivity index (χ1) is 11.7. The van der Waals surface area contributed by atoms with Crippen LogP contribution in [0.4, 0.5) is 0 Å². The average Bonchev–Trinajstić information content (AvgIpc) is 3.02. The Balaban J connectivity index is 1.72. The van der Waals surface area contributed by atoms with E-state index in [1.165, 1.54) is 0 Å². The van der Waals surface area contributed by atoms with Crippen molar-refractivity contribution in [3.8, 4) is 0 Å². The molecule has 0 spiro atoms. The van der Waals surface area contributed by atoms with Crippen LogP contribution in [0.5, 0.6) is 0 Å². The standard InChI is InChI=1S/C20H20N2O2/c1-15-14-18(24-22-15)12-13-21-20(23)19(16-8-4-2-5-9-16)17-10-6-3-7-11-17/h2-11,14,19H,12-13H2,1H3,(H,21,23). The van der Waals surface area contributed by atoms with Crippen LogP contribution in [0, 0.1) is 6.92 Å². The first kappa shape index (κ1) is 16.0. The molecule has 0 aliphatic rings. The summed E-state index contributed by atoms with van der Waals surface area (Å²) in [4.78, 5) is 12.8. The summed E-state index contributed by atoms with van der Waals surface area (Å²) in [6.07, 6.45) is 0.628. The molecule has 4 heteroatoms. The van der Waals surface area contributed by atoms with Crippen molar-refractivity contribution in [1.29, 1.82) is 0 Å². The van der Waals surface area contributed by atoms with E-state index in [2.05, 4.69) is 10.5 Å². The number of hydrogen-bond donors (Lipinski definition) is 1. The molecule has 1 amide bonds. The van der Waals surface area contributed by atoms with Gasteiger partial charge in [-0.25, -0.2) is 0 Å². The number of aryl methyl sites for hydroxylation is 1. The Hall–Kier alpha value is -2.88. The lowest BCUT2D eigenvalue weighted by Gasteiger charge is -2.17. The molecule has 122 valence electrons. The molecule has 3 rings (SSSR count). The maximum atomic E-state index is 12.8. The van der Waals surface area contributed by atoms with Gasteiger partial charge in [-0.05, 0) is 18.1 Å². The number of amides is 1. The number of benzene rings is 2. The van der Waals surface area contributed by atoms with Crippen molar-refractivity contribution >= 4 is 5.91 Å². The van der Waals surface area contributed by atoms with E-state index < -0.39 is 0 Å². The molecule has 0 saturated heterocycles. The molecule has 0 aliphatic carbocycles. The molecule has 3 aromatic rings. The van der Waals surface area contributed by atoms with Gasteiger partial charge in [0, 0.05) is 19.0 Å². The van der Waals surface area contributed by atoms with E-state index in [4.69, 9.17) is 4.52 Å². The van der Waals surface area contributed by atoms with Crippen LogP contribution in [0.25, 0.3) is 0 Å². The second-order valence-electron chi connectivity index (χ2n) is 5.73. The third-order valence-corrected chi connectivity index (χ3v) is 3.88. The Morgan fingerprint density at radius 3 is 2.12 bits per heavy atom. The second kappa shape index (κ2) is 7.59. The minimum atomic E-state index is -0.316. The third-order valence-electron chi connectivity index (χ3n) is 3.88. The molecule has 0 radical (unpaired) electrons. The lowest BCUT2D eigenvalue weighted by atomic mass is 9.90. The molecule has 2 aromatic carbocycles. The maximum absolute atomic E-state index is 12.8. The normalized spacial score (nSPS) is 10.8. The fourth-order valence-electron chi connectivity index (χ4n) is 2.73. The Labute approximate surface area is 141 Å². The van der Waals surface area contributed by atoms with Gasteiger partial charge in [-0.15, -0.1) is 0 Å². The van der Waals surface area contributed by atoms with Crippen LogP contribution in [-0.4, -0.2) is 17.6 Å². The Morgan fingerprint density at radius 1 is 1.04 bits per heavy atom. The summed E-state index contributed by atoms with van der Waals surface area (Å²) < 4.78 is 5.17. The molecule has 0 fully saturated rings. The van der Waals surface area contributed by atoms with Gasteiger partial charge in [0.25, 0.3) is 0 Å². The molecule has 24 heavy (non-hydrogen) atoms. The first-order valence-electron chi connectivity index (χ1n) is 8.04. The van der Waals surface area contributed by atoms with Crippen molar-refractivity contribution in [1.82, 2.24) is 10.5 Å². The zero-order valence-electron chi connectivity index (χ0n) is 13.6. The number of rotatable bonds is 6. The third kappa shape index (κ3) is 3.90. The van der Waals surface area contributed by atoms with E-state index in [0.717, 1.165) is 22.6 Å². The zero-order valence-corrected chi connectivity index (χ0v) is 13.6. The highest BCUT2D eigenvalue weighted by Gasteiger charge is 2.22. The smallest absolute Gasteiger partial charge is 0.232 e. The van der Waals surface area contributed by atoms with E-state index in [-0.39, 0.29) is 11.8 Å². The van der Waals surface area contributed by atoms with Crippen LogP contribution in [-0.2, 0) is 11.2 Å². The van der Waals surface area contributed by atoms with Gasteiger partial charge in [0.2, 0.25) is 5.91 Å². The van der Waals surface area contributed by atoms with Crippen molar-refractivity contribution in [2.24, 2.45) is 0 Å². The topological polar surface area (TPSA) is 55.1 Å². The van der Waals surface area contributed by atoms with Gasteiger partial charge in [-0.1, -0.05) is 65.8 Å². The number of nitrogens with one attached hydrogen (secondary N) is 1. The minimum absolute atomic E-state index is 0.0105. The number of nitrogens with zero attached hydrogens (tertiary/aromatic N) is 1. The predicted octanol–water partition coefficient (Wildman–Crippen LogP) is 3.47. The lowest BCUT2D eigenvalue weighted by Crippen LogP contribution is -2.31. The van der Waals surface area contributed by atoms with E-state index >= 15 is 0 Å². The van der Waals surface area contributed by atoms with Gasteiger partial charge in [0.15, 0.2) is 0 Å². The Bertz CT molecular complexity index is 742. The fraction of sp³-hybridized carbons (Fsp3) is 0.200. The molecule has 0 unspecified atom stereocenters. The molecule has 4 nitrogen and oxygen atoms in total. The van der Waals surface area contributed by atoms with E-state index in [0.29, 0.717) is 13.0 Å². The second-order valence-corrected chi connectivity index (χ2v) is 5.73. The summed E-state index contributed by atoms with van der Waals surface area (Å²) in [7, 11) is 0. The number of aromatic nitrogens is 1. The molecule has 0 bridgehead atoms. The minimum Gasteiger partial charge on any atom is -0.361 e. The summed E-state index contributed by atoms with van der Waals surface area (Å²) in [5.41, 5.74) is 2.82. The van der Waals surface area contributed by atoms with E-state index in [9.17, 15) is 4.79 Å². The van der Waals surface area contributed by atoms with E-state index in [1.54, 1.807) is 0 Å². The van der Waals surface area contributed by atoms with Crippen molar-refractivity contribution in [2.75, 3.05) is 6.54 Å². The van der Waals surface area contributed by atoms with Crippen LogP contribution in [0.2, 0.25) is 0 Å². The summed E-state index contributed by atoms with van der Waals surface area (Å²) in [5.74, 6) is 0.455.